The highest BCUT2D eigenvalue weighted by Crippen LogP contribution is 2.19. The van der Waals surface area contributed by atoms with Crippen molar-refractivity contribution in [1.82, 2.24) is 0 Å². The van der Waals surface area contributed by atoms with Gasteiger partial charge in [-0.1, -0.05) is 13.0 Å². The summed E-state index contributed by atoms with van der Waals surface area (Å²) in [6, 6.07) is 12.6. The van der Waals surface area contributed by atoms with E-state index >= 15 is 0 Å². The highest BCUT2D eigenvalue weighted by Gasteiger charge is 2.07. The molecule has 0 atom stereocenters. The van der Waals surface area contributed by atoms with Crippen LogP contribution in [0.15, 0.2) is 42.5 Å². The Labute approximate surface area is 124 Å². The summed E-state index contributed by atoms with van der Waals surface area (Å²) in [5.41, 5.74) is 8.98. The van der Waals surface area contributed by atoms with Crippen LogP contribution in [0, 0.1) is 0 Å². The van der Waals surface area contributed by atoms with Crippen LogP contribution in [-0.2, 0) is 6.42 Å². The molecule has 4 heteroatoms. The molecular weight excluding hydrogens is 264 g/mol. The number of carbonyl (C=O) groups excluding carboxylic acids is 1. The average molecular weight is 284 g/mol. The van der Waals surface area contributed by atoms with Gasteiger partial charge in [-0.05, 0) is 55.3 Å². The molecule has 0 saturated heterocycles. The third-order valence-electron chi connectivity index (χ3n) is 3.21. The first-order valence-electron chi connectivity index (χ1n) is 7.06. The summed E-state index contributed by atoms with van der Waals surface area (Å²) in [5.74, 6) is 0.590. The molecule has 0 aromatic heterocycles. The van der Waals surface area contributed by atoms with Gasteiger partial charge in [-0.3, -0.25) is 4.79 Å². The van der Waals surface area contributed by atoms with Crippen LogP contribution in [-0.4, -0.2) is 12.5 Å². The number of hydrogen-bond donors (Lipinski definition) is 2. The lowest BCUT2D eigenvalue weighted by Crippen LogP contribution is -2.12. The molecule has 0 saturated carbocycles. The summed E-state index contributed by atoms with van der Waals surface area (Å²) in [5, 5.41) is 2.84. The average Bonchev–Trinajstić information content (AvgIpc) is 2.48. The first kappa shape index (κ1) is 14.9. The highest BCUT2D eigenvalue weighted by atomic mass is 16.5. The van der Waals surface area contributed by atoms with E-state index < -0.39 is 0 Å². The maximum absolute atomic E-state index is 12.2. The number of carbonyl (C=O) groups is 1. The predicted molar refractivity (Wildman–Crippen MR) is 85.8 cm³/mol. The minimum Gasteiger partial charge on any atom is -0.494 e. The zero-order chi connectivity index (χ0) is 15.2. The Hall–Kier alpha value is -2.49. The fraction of sp³-hybridized carbons (Fsp3) is 0.235. The van der Waals surface area contributed by atoms with E-state index in [-0.39, 0.29) is 5.91 Å². The zero-order valence-corrected chi connectivity index (χ0v) is 12.3. The molecule has 0 spiro atoms. The second-order valence-electron chi connectivity index (χ2n) is 4.68. The molecule has 0 aliphatic heterocycles. The van der Waals surface area contributed by atoms with Crippen LogP contribution in [0.1, 0.15) is 29.8 Å². The Kier molecular flexibility index (Phi) is 4.82. The number of aryl methyl sites for hydroxylation is 1. The van der Waals surface area contributed by atoms with Gasteiger partial charge in [0.05, 0.1) is 6.61 Å². The molecule has 1 amide bonds. The predicted octanol–water partition coefficient (Wildman–Crippen LogP) is 3.48. The largest absolute Gasteiger partial charge is 0.494 e. The number of amides is 1. The van der Waals surface area contributed by atoms with Gasteiger partial charge in [0.1, 0.15) is 5.75 Å². The molecule has 110 valence electrons. The van der Waals surface area contributed by atoms with Gasteiger partial charge in [0.15, 0.2) is 0 Å². The molecule has 0 fully saturated rings. The molecule has 3 N–H and O–H groups in total. The van der Waals surface area contributed by atoms with Crippen LogP contribution in [0.2, 0.25) is 0 Å². The Bertz CT molecular complexity index is 621. The van der Waals surface area contributed by atoms with Crippen molar-refractivity contribution in [1.29, 1.82) is 0 Å². The van der Waals surface area contributed by atoms with Crippen molar-refractivity contribution >= 4 is 17.3 Å². The molecule has 2 rings (SSSR count). The topological polar surface area (TPSA) is 64.3 Å². The van der Waals surface area contributed by atoms with Crippen molar-refractivity contribution in [2.75, 3.05) is 17.7 Å². The molecular formula is C17H20N2O2. The SMILES string of the molecule is CCOc1ccc(C(=O)Nc2ccc(CC)c(N)c2)cc1. The van der Waals surface area contributed by atoms with Crippen molar-refractivity contribution in [2.24, 2.45) is 0 Å². The third-order valence-corrected chi connectivity index (χ3v) is 3.21. The Morgan fingerprint density at radius 1 is 1.14 bits per heavy atom. The second kappa shape index (κ2) is 6.79. The lowest BCUT2D eigenvalue weighted by molar-refractivity contribution is 0.102. The monoisotopic (exact) mass is 284 g/mol. The van der Waals surface area contributed by atoms with Gasteiger partial charge in [0, 0.05) is 16.9 Å². The quantitative estimate of drug-likeness (QED) is 0.826. The molecule has 0 bridgehead atoms. The molecule has 0 unspecified atom stereocenters. The van der Waals surface area contributed by atoms with Crippen molar-refractivity contribution in [2.45, 2.75) is 20.3 Å². The highest BCUT2D eigenvalue weighted by molar-refractivity contribution is 6.04. The first-order valence-corrected chi connectivity index (χ1v) is 7.06. The van der Waals surface area contributed by atoms with Gasteiger partial charge < -0.3 is 15.8 Å². The lowest BCUT2D eigenvalue weighted by atomic mass is 10.1. The van der Waals surface area contributed by atoms with E-state index in [9.17, 15) is 4.79 Å². The summed E-state index contributed by atoms with van der Waals surface area (Å²) in [6.07, 6.45) is 0.874. The van der Waals surface area contributed by atoms with Crippen molar-refractivity contribution < 1.29 is 9.53 Å². The number of ether oxygens (including phenoxy) is 1. The Morgan fingerprint density at radius 3 is 2.43 bits per heavy atom. The van der Waals surface area contributed by atoms with E-state index in [1.54, 1.807) is 30.3 Å². The maximum Gasteiger partial charge on any atom is 0.255 e. The molecule has 2 aromatic rings. The van der Waals surface area contributed by atoms with Crippen molar-refractivity contribution in [3.8, 4) is 5.75 Å². The van der Waals surface area contributed by atoms with E-state index in [2.05, 4.69) is 5.32 Å². The first-order chi connectivity index (χ1) is 10.1. The molecule has 0 radical (unpaired) electrons. The molecule has 21 heavy (non-hydrogen) atoms. The zero-order valence-electron chi connectivity index (χ0n) is 12.3. The summed E-state index contributed by atoms with van der Waals surface area (Å²) < 4.78 is 5.35. The van der Waals surface area contributed by atoms with Gasteiger partial charge in [-0.2, -0.15) is 0 Å². The number of nitrogens with two attached hydrogens (primary N) is 1. The van der Waals surface area contributed by atoms with Crippen LogP contribution in [0.4, 0.5) is 11.4 Å². The van der Waals surface area contributed by atoms with Gasteiger partial charge in [-0.25, -0.2) is 0 Å². The number of rotatable bonds is 5. The van der Waals surface area contributed by atoms with Gasteiger partial charge in [0.2, 0.25) is 0 Å². The van der Waals surface area contributed by atoms with Crippen molar-refractivity contribution in [3.05, 3.63) is 53.6 Å². The molecule has 0 aliphatic rings. The number of anilines is 2. The summed E-state index contributed by atoms with van der Waals surface area (Å²) in [7, 11) is 0. The summed E-state index contributed by atoms with van der Waals surface area (Å²) in [4.78, 5) is 12.2. The van der Waals surface area contributed by atoms with E-state index in [0.29, 0.717) is 23.5 Å². The Morgan fingerprint density at radius 2 is 1.86 bits per heavy atom. The van der Waals surface area contributed by atoms with Gasteiger partial charge >= 0.3 is 0 Å². The van der Waals surface area contributed by atoms with Crippen molar-refractivity contribution in [3.63, 3.8) is 0 Å². The maximum atomic E-state index is 12.2. The molecule has 2 aromatic carbocycles. The minimum atomic E-state index is -0.165. The van der Waals surface area contributed by atoms with Gasteiger partial charge in [0.25, 0.3) is 5.91 Å². The number of nitrogen functional groups attached to an aromatic ring is 1. The van der Waals surface area contributed by atoms with E-state index in [1.807, 2.05) is 26.0 Å². The van der Waals surface area contributed by atoms with Crippen LogP contribution in [0.5, 0.6) is 5.75 Å². The number of nitrogens with one attached hydrogen (secondary N) is 1. The smallest absolute Gasteiger partial charge is 0.255 e. The third kappa shape index (κ3) is 3.75. The minimum absolute atomic E-state index is 0.165. The number of benzene rings is 2. The molecule has 0 heterocycles. The normalized spacial score (nSPS) is 10.2. The van der Waals surface area contributed by atoms with E-state index in [1.165, 1.54) is 0 Å². The second-order valence-corrected chi connectivity index (χ2v) is 4.68. The van der Waals surface area contributed by atoms with Crippen LogP contribution >= 0.6 is 0 Å². The summed E-state index contributed by atoms with van der Waals surface area (Å²) in [6.45, 7) is 4.57. The van der Waals surface area contributed by atoms with Crippen LogP contribution in [0.3, 0.4) is 0 Å². The lowest BCUT2D eigenvalue weighted by Gasteiger charge is -2.09. The molecule has 4 nitrogen and oxygen atoms in total. The van der Waals surface area contributed by atoms with Crippen LogP contribution in [0.25, 0.3) is 0 Å². The summed E-state index contributed by atoms with van der Waals surface area (Å²) >= 11 is 0. The van der Waals surface area contributed by atoms with E-state index in [0.717, 1.165) is 17.7 Å². The fourth-order valence-electron chi connectivity index (χ4n) is 2.07. The Balaban J connectivity index is 2.08. The van der Waals surface area contributed by atoms with E-state index in [4.69, 9.17) is 10.5 Å². The number of hydrogen-bond acceptors (Lipinski definition) is 3. The standard InChI is InChI=1S/C17H20N2O2/c1-3-12-5-8-14(11-16(12)18)19-17(20)13-6-9-15(10-7-13)21-4-2/h5-11H,3-4,18H2,1-2H3,(H,19,20). The molecule has 0 aliphatic carbocycles. The van der Waals surface area contributed by atoms with Gasteiger partial charge in [-0.15, -0.1) is 0 Å². The van der Waals surface area contributed by atoms with Crippen LogP contribution < -0.4 is 15.8 Å². The fourth-order valence-corrected chi connectivity index (χ4v) is 2.07.